The number of hydrogen-bond acceptors (Lipinski definition) is 5. The molecule has 2 rings (SSSR count). The molecule has 0 aromatic heterocycles. The second kappa shape index (κ2) is 6.40. The molecule has 1 aromatic rings. The number of nitrogens with one attached hydrogen (secondary N) is 2. The van der Waals surface area contributed by atoms with Crippen LogP contribution in [0.3, 0.4) is 0 Å². The third-order valence-corrected chi connectivity index (χ3v) is 2.85. The van der Waals surface area contributed by atoms with Crippen molar-refractivity contribution >= 4 is 17.3 Å². The molecule has 1 atom stereocenters. The molecular formula is C12H14FN3O4. The van der Waals surface area contributed by atoms with Gasteiger partial charge in [0, 0.05) is 13.1 Å². The quantitative estimate of drug-likeness (QED) is 0.636. The Hall–Kier alpha value is -2.06. The number of amides is 1. The van der Waals surface area contributed by atoms with Crippen LogP contribution in [0.5, 0.6) is 0 Å². The Labute approximate surface area is 114 Å². The zero-order valence-electron chi connectivity index (χ0n) is 10.6. The van der Waals surface area contributed by atoms with E-state index in [1.54, 1.807) is 0 Å². The van der Waals surface area contributed by atoms with Crippen LogP contribution >= 0.6 is 0 Å². The van der Waals surface area contributed by atoms with Gasteiger partial charge < -0.3 is 15.4 Å². The minimum absolute atomic E-state index is 0.0230. The van der Waals surface area contributed by atoms with Gasteiger partial charge in [-0.3, -0.25) is 14.9 Å². The summed E-state index contributed by atoms with van der Waals surface area (Å²) in [6.45, 7) is 1.81. The minimum atomic E-state index is -0.739. The van der Waals surface area contributed by atoms with E-state index in [0.29, 0.717) is 13.2 Å². The molecule has 108 valence electrons. The maximum Gasteiger partial charge on any atom is 0.295 e. The first-order chi connectivity index (χ1) is 9.56. The lowest BCUT2D eigenvalue weighted by molar-refractivity contribution is -0.384. The van der Waals surface area contributed by atoms with Crippen molar-refractivity contribution in [1.82, 2.24) is 5.32 Å². The zero-order chi connectivity index (χ0) is 14.5. The topological polar surface area (TPSA) is 93.5 Å². The normalized spacial score (nSPS) is 18.6. The number of ether oxygens (including phenoxy) is 1. The zero-order valence-corrected chi connectivity index (χ0v) is 10.6. The Morgan fingerprint density at radius 3 is 3.05 bits per heavy atom. The number of halogens is 1. The van der Waals surface area contributed by atoms with Crippen molar-refractivity contribution in [1.29, 1.82) is 0 Å². The summed E-state index contributed by atoms with van der Waals surface area (Å²) < 4.78 is 18.3. The lowest BCUT2D eigenvalue weighted by Crippen LogP contribution is -2.40. The van der Waals surface area contributed by atoms with Crippen molar-refractivity contribution in [3.63, 3.8) is 0 Å². The molecule has 0 spiro atoms. The fraction of sp³-hybridized carbons (Fsp3) is 0.417. The van der Waals surface area contributed by atoms with Crippen molar-refractivity contribution in [2.75, 3.05) is 25.0 Å². The molecule has 1 aliphatic rings. The Morgan fingerprint density at radius 1 is 1.60 bits per heavy atom. The SMILES string of the molecule is O=C(CC1CNCCO1)Nc1ccc(F)cc1[N+](=O)[O-]. The highest BCUT2D eigenvalue weighted by Crippen LogP contribution is 2.25. The van der Waals surface area contributed by atoms with Gasteiger partial charge in [0.1, 0.15) is 11.5 Å². The van der Waals surface area contributed by atoms with E-state index in [-0.39, 0.29) is 18.2 Å². The predicted molar refractivity (Wildman–Crippen MR) is 68.9 cm³/mol. The van der Waals surface area contributed by atoms with Crippen molar-refractivity contribution < 1.29 is 18.8 Å². The molecular weight excluding hydrogens is 269 g/mol. The van der Waals surface area contributed by atoms with Crippen LogP contribution in [0.25, 0.3) is 0 Å². The van der Waals surface area contributed by atoms with Gasteiger partial charge in [-0.2, -0.15) is 0 Å². The van der Waals surface area contributed by atoms with Gasteiger partial charge in [0.05, 0.1) is 30.1 Å². The van der Waals surface area contributed by atoms with Crippen molar-refractivity contribution in [2.45, 2.75) is 12.5 Å². The molecule has 1 amide bonds. The molecule has 1 unspecified atom stereocenters. The Bertz CT molecular complexity index is 517. The fourth-order valence-electron chi connectivity index (χ4n) is 1.92. The summed E-state index contributed by atoms with van der Waals surface area (Å²) in [4.78, 5) is 21.9. The van der Waals surface area contributed by atoms with Gasteiger partial charge in [-0.15, -0.1) is 0 Å². The van der Waals surface area contributed by atoms with Gasteiger partial charge >= 0.3 is 0 Å². The summed E-state index contributed by atoms with van der Waals surface area (Å²) >= 11 is 0. The van der Waals surface area contributed by atoms with Crippen LogP contribution in [0, 0.1) is 15.9 Å². The van der Waals surface area contributed by atoms with E-state index in [1.807, 2.05) is 0 Å². The highest BCUT2D eigenvalue weighted by Gasteiger charge is 2.20. The molecule has 0 saturated carbocycles. The molecule has 0 aliphatic carbocycles. The van der Waals surface area contributed by atoms with Gasteiger partial charge in [-0.05, 0) is 12.1 Å². The lowest BCUT2D eigenvalue weighted by atomic mass is 10.2. The first-order valence-corrected chi connectivity index (χ1v) is 6.12. The molecule has 8 heteroatoms. The maximum atomic E-state index is 13.0. The summed E-state index contributed by atoms with van der Waals surface area (Å²) in [7, 11) is 0. The van der Waals surface area contributed by atoms with E-state index in [9.17, 15) is 19.3 Å². The van der Waals surface area contributed by atoms with Crippen molar-refractivity contribution in [3.05, 3.63) is 34.1 Å². The van der Waals surface area contributed by atoms with E-state index in [4.69, 9.17) is 4.74 Å². The third-order valence-electron chi connectivity index (χ3n) is 2.85. The first kappa shape index (κ1) is 14.4. The third kappa shape index (κ3) is 3.72. The number of rotatable bonds is 4. The summed E-state index contributed by atoms with van der Waals surface area (Å²) in [5.41, 5.74) is -0.494. The van der Waals surface area contributed by atoms with Crippen molar-refractivity contribution in [2.24, 2.45) is 0 Å². The van der Waals surface area contributed by atoms with Crippen molar-refractivity contribution in [3.8, 4) is 0 Å². The van der Waals surface area contributed by atoms with Crippen LogP contribution in [0.15, 0.2) is 18.2 Å². The van der Waals surface area contributed by atoms with Crippen LogP contribution in [0.4, 0.5) is 15.8 Å². The molecule has 2 N–H and O–H groups in total. The second-order valence-corrected chi connectivity index (χ2v) is 4.37. The Kier molecular flexibility index (Phi) is 4.59. The van der Waals surface area contributed by atoms with Crippen LogP contribution in [0.2, 0.25) is 0 Å². The smallest absolute Gasteiger partial charge is 0.295 e. The minimum Gasteiger partial charge on any atom is -0.375 e. The largest absolute Gasteiger partial charge is 0.375 e. The Morgan fingerprint density at radius 2 is 2.40 bits per heavy atom. The molecule has 7 nitrogen and oxygen atoms in total. The van der Waals surface area contributed by atoms with Crippen LogP contribution in [-0.4, -0.2) is 36.6 Å². The molecule has 20 heavy (non-hydrogen) atoms. The molecule has 1 aromatic carbocycles. The fourth-order valence-corrected chi connectivity index (χ4v) is 1.92. The number of nitro benzene ring substituents is 1. The molecule has 1 fully saturated rings. The number of hydrogen-bond donors (Lipinski definition) is 2. The summed E-state index contributed by atoms with van der Waals surface area (Å²) in [6, 6.07) is 3.00. The number of nitrogens with zero attached hydrogens (tertiary/aromatic N) is 1. The molecule has 0 bridgehead atoms. The van der Waals surface area contributed by atoms with Gasteiger partial charge in [-0.1, -0.05) is 0 Å². The van der Waals surface area contributed by atoms with Crippen LogP contribution < -0.4 is 10.6 Å². The first-order valence-electron chi connectivity index (χ1n) is 6.12. The standard InChI is InChI=1S/C12H14FN3O4/c13-8-1-2-10(11(5-8)16(18)19)15-12(17)6-9-7-14-3-4-20-9/h1-2,5,9,14H,3-4,6-7H2,(H,15,17). The Balaban J connectivity index is 2.01. The number of nitro groups is 1. The van der Waals surface area contributed by atoms with Gasteiger partial charge in [0.25, 0.3) is 5.69 Å². The van der Waals surface area contributed by atoms with E-state index >= 15 is 0 Å². The average molecular weight is 283 g/mol. The molecule has 1 saturated heterocycles. The van der Waals surface area contributed by atoms with Crippen LogP contribution in [0.1, 0.15) is 6.42 Å². The van der Waals surface area contributed by atoms with Gasteiger partial charge in [0.15, 0.2) is 0 Å². The molecule has 1 heterocycles. The lowest BCUT2D eigenvalue weighted by Gasteiger charge is -2.22. The average Bonchev–Trinajstić information content (AvgIpc) is 2.41. The van der Waals surface area contributed by atoms with E-state index in [2.05, 4.69) is 10.6 Å². The number of benzene rings is 1. The van der Waals surface area contributed by atoms with Gasteiger partial charge in [0.2, 0.25) is 5.91 Å². The number of carbonyl (C=O) groups is 1. The summed E-state index contributed by atoms with van der Waals surface area (Å²) in [5.74, 6) is -1.14. The molecule has 1 aliphatic heterocycles. The summed E-state index contributed by atoms with van der Waals surface area (Å²) in [6.07, 6.45) is -0.176. The van der Waals surface area contributed by atoms with E-state index < -0.39 is 22.3 Å². The second-order valence-electron chi connectivity index (χ2n) is 4.37. The van der Waals surface area contributed by atoms with E-state index in [1.165, 1.54) is 6.07 Å². The monoisotopic (exact) mass is 283 g/mol. The summed E-state index contributed by atoms with van der Waals surface area (Å²) in [5, 5.41) is 16.3. The highest BCUT2D eigenvalue weighted by molar-refractivity contribution is 5.93. The van der Waals surface area contributed by atoms with Gasteiger partial charge in [-0.25, -0.2) is 4.39 Å². The van der Waals surface area contributed by atoms with E-state index in [0.717, 1.165) is 18.7 Å². The number of anilines is 1. The van der Waals surface area contributed by atoms with Crippen LogP contribution in [-0.2, 0) is 9.53 Å². The molecule has 0 radical (unpaired) electrons. The maximum absolute atomic E-state index is 13.0. The predicted octanol–water partition coefficient (Wildman–Crippen LogP) is 1.05. The highest BCUT2D eigenvalue weighted by atomic mass is 19.1. The number of morpholine rings is 1. The number of carbonyl (C=O) groups excluding carboxylic acids is 1.